The fraction of sp³-hybridized carbons (Fsp3) is 0.400. The smallest absolute Gasteiger partial charge is 0.232 e. The molecule has 0 spiro atoms. The highest BCUT2D eigenvalue weighted by atomic mass is 35.5. The number of nitrogens with zero attached hydrogens (tertiary/aromatic N) is 1. The number of nitrogens with one attached hydrogen (secondary N) is 2. The number of carbonyl (C=O) groups is 1. The number of amides is 1. The molecular formula is C10H10ClN3O2. The van der Waals surface area contributed by atoms with Crippen molar-refractivity contribution in [2.24, 2.45) is 5.92 Å². The van der Waals surface area contributed by atoms with E-state index >= 15 is 0 Å². The van der Waals surface area contributed by atoms with Gasteiger partial charge in [0.05, 0.1) is 30.9 Å². The second-order valence-electron chi connectivity index (χ2n) is 3.91. The molecule has 2 unspecified atom stereocenters. The maximum absolute atomic E-state index is 11.9. The molecular weight excluding hydrogens is 230 g/mol. The van der Waals surface area contributed by atoms with Gasteiger partial charge in [-0.05, 0) is 12.1 Å². The molecule has 2 atom stereocenters. The van der Waals surface area contributed by atoms with Crippen molar-refractivity contribution in [1.29, 1.82) is 0 Å². The van der Waals surface area contributed by atoms with Gasteiger partial charge in [0.1, 0.15) is 5.15 Å². The van der Waals surface area contributed by atoms with Crippen molar-refractivity contribution in [2.45, 2.75) is 6.04 Å². The number of carbonyl (C=O) groups excluding carboxylic acids is 1. The lowest BCUT2D eigenvalue weighted by Crippen LogP contribution is -2.33. The van der Waals surface area contributed by atoms with Crippen LogP contribution in [-0.2, 0) is 9.53 Å². The van der Waals surface area contributed by atoms with Gasteiger partial charge in [-0.1, -0.05) is 11.6 Å². The van der Waals surface area contributed by atoms with E-state index in [0.717, 1.165) is 0 Å². The lowest BCUT2D eigenvalue weighted by Gasteiger charge is -2.13. The Morgan fingerprint density at radius 3 is 3.19 bits per heavy atom. The Kier molecular flexibility index (Phi) is 2.22. The van der Waals surface area contributed by atoms with Gasteiger partial charge in [0, 0.05) is 0 Å². The highest BCUT2D eigenvalue weighted by molar-refractivity contribution is 6.29. The molecule has 1 fully saturated rings. The monoisotopic (exact) mass is 239 g/mol. The van der Waals surface area contributed by atoms with Gasteiger partial charge in [-0.15, -0.1) is 0 Å². The number of aromatic nitrogens is 1. The molecule has 1 aromatic heterocycles. The van der Waals surface area contributed by atoms with E-state index in [1.54, 1.807) is 12.1 Å². The van der Waals surface area contributed by atoms with Crippen LogP contribution < -0.4 is 10.6 Å². The molecule has 16 heavy (non-hydrogen) atoms. The van der Waals surface area contributed by atoms with Crippen LogP contribution in [0.1, 0.15) is 0 Å². The first-order valence-electron chi connectivity index (χ1n) is 5.06. The fourth-order valence-electron chi connectivity index (χ4n) is 2.00. The summed E-state index contributed by atoms with van der Waals surface area (Å²) in [6.45, 7) is 0.969. The average molecular weight is 240 g/mol. The van der Waals surface area contributed by atoms with E-state index in [4.69, 9.17) is 16.3 Å². The molecule has 1 saturated heterocycles. The molecule has 6 heteroatoms. The molecule has 0 aromatic carbocycles. The van der Waals surface area contributed by atoms with Gasteiger partial charge in [-0.3, -0.25) is 4.79 Å². The zero-order valence-electron chi connectivity index (χ0n) is 8.37. The van der Waals surface area contributed by atoms with Crippen LogP contribution in [0.25, 0.3) is 0 Å². The van der Waals surface area contributed by atoms with Crippen molar-refractivity contribution in [2.75, 3.05) is 23.8 Å². The molecule has 3 heterocycles. The molecule has 3 rings (SSSR count). The SMILES string of the molecule is O=C1Nc2ccc(Cl)nc2NC2COCC12. The van der Waals surface area contributed by atoms with E-state index < -0.39 is 0 Å². The molecule has 0 aliphatic carbocycles. The molecule has 84 valence electrons. The lowest BCUT2D eigenvalue weighted by atomic mass is 10.0. The van der Waals surface area contributed by atoms with Gasteiger partial charge in [-0.2, -0.15) is 0 Å². The molecule has 0 saturated carbocycles. The van der Waals surface area contributed by atoms with Crippen LogP contribution in [0.15, 0.2) is 12.1 Å². The zero-order chi connectivity index (χ0) is 11.1. The second-order valence-corrected chi connectivity index (χ2v) is 4.30. The number of halogens is 1. The average Bonchev–Trinajstić information content (AvgIpc) is 2.65. The van der Waals surface area contributed by atoms with Crippen LogP contribution in [0.5, 0.6) is 0 Å². The third-order valence-corrected chi connectivity index (χ3v) is 3.07. The summed E-state index contributed by atoms with van der Waals surface area (Å²) in [6, 6.07) is 3.38. The van der Waals surface area contributed by atoms with Gasteiger partial charge in [0.15, 0.2) is 5.82 Å². The molecule has 0 radical (unpaired) electrons. The number of hydrogen-bond acceptors (Lipinski definition) is 4. The van der Waals surface area contributed by atoms with Crippen molar-refractivity contribution in [3.63, 3.8) is 0 Å². The first kappa shape index (κ1) is 9.86. The Balaban J connectivity index is 2.01. The summed E-state index contributed by atoms with van der Waals surface area (Å²) in [7, 11) is 0. The highest BCUT2D eigenvalue weighted by Crippen LogP contribution is 2.30. The van der Waals surface area contributed by atoms with Gasteiger partial charge in [-0.25, -0.2) is 4.98 Å². The molecule has 0 bridgehead atoms. The predicted octanol–water partition coefficient (Wildman–Crippen LogP) is 1.11. The zero-order valence-corrected chi connectivity index (χ0v) is 9.12. The third kappa shape index (κ3) is 1.52. The van der Waals surface area contributed by atoms with E-state index in [2.05, 4.69) is 15.6 Å². The van der Waals surface area contributed by atoms with E-state index in [-0.39, 0.29) is 17.9 Å². The van der Waals surface area contributed by atoms with Crippen molar-refractivity contribution in [3.05, 3.63) is 17.3 Å². The van der Waals surface area contributed by atoms with E-state index in [1.807, 2.05) is 0 Å². The van der Waals surface area contributed by atoms with Crippen LogP contribution >= 0.6 is 11.6 Å². The first-order valence-corrected chi connectivity index (χ1v) is 5.43. The maximum Gasteiger partial charge on any atom is 0.232 e. The Bertz CT molecular complexity index is 452. The van der Waals surface area contributed by atoms with E-state index in [0.29, 0.717) is 29.9 Å². The third-order valence-electron chi connectivity index (χ3n) is 2.86. The minimum atomic E-state index is -0.159. The number of pyridine rings is 1. The topological polar surface area (TPSA) is 63.2 Å². The second kappa shape index (κ2) is 3.61. The Labute approximate surface area is 97.1 Å². The number of rotatable bonds is 0. The molecule has 2 aliphatic rings. The summed E-state index contributed by atoms with van der Waals surface area (Å²) in [5, 5.41) is 6.41. The number of anilines is 2. The predicted molar refractivity (Wildman–Crippen MR) is 59.6 cm³/mol. The quantitative estimate of drug-likeness (QED) is 0.666. The van der Waals surface area contributed by atoms with Crippen molar-refractivity contribution < 1.29 is 9.53 Å². The highest BCUT2D eigenvalue weighted by Gasteiger charge is 2.37. The molecule has 2 aliphatic heterocycles. The minimum Gasteiger partial charge on any atom is -0.378 e. The molecule has 2 N–H and O–H groups in total. The van der Waals surface area contributed by atoms with Crippen molar-refractivity contribution in [1.82, 2.24) is 4.98 Å². The van der Waals surface area contributed by atoms with Crippen LogP contribution in [0.3, 0.4) is 0 Å². The molecule has 1 aromatic rings. The normalized spacial score (nSPS) is 27.4. The fourth-order valence-corrected chi connectivity index (χ4v) is 2.15. The maximum atomic E-state index is 11.9. The van der Waals surface area contributed by atoms with Crippen LogP contribution in [0.4, 0.5) is 11.5 Å². The number of fused-ring (bicyclic) bond motifs is 2. The summed E-state index contributed by atoms with van der Waals surface area (Å²) in [6.07, 6.45) is 0. The number of ether oxygens (including phenoxy) is 1. The van der Waals surface area contributed by atoms with Gasteiger partial charge >= 0.3 is 0 Å². The summed E-state index contributed by atoms with van der Waals surface area (Å²) in [5.74, 6) is 0.421. The lowest BCUT2D eigenvalue weighted by molar-refractivity contribution is -0.119. The summed E-state index contributed by atoms with van der Waals surface area (Å²) >= 11 is 5.81. The van der Waals surface area contributed by atoms with Crippen molar-refractivity contribution in [3.8, 4) is 0 Å². The Hall–Kier alpha value is -1.33. The Morgan fingerprint density at radius 2 is 2.31 bits per heavy atom. The first-order chi connectivity index (χ1) is 7.74. The van der Waals surface area contributed by atoms with Crippen molar-refractivity contribution >= 4 is 29.0 Å². The largest absolute Gasteiger partial charge is 0.378 e. The van der Waals surface area contributed by atoms with Crippen LogP contribution in [0.2, 0.25) is 5.15 Å². The standard InChI is InChI=1S/C10H10ClN3O2/c11-8-2-1-6-9(14-8)12-7-4-16-3-5(7)10(15)13-6/h1-2,5,7H,3-4H2,(H,12,14)(H,13,15). The van der Waals surface area contributed by atoms with E-state index in [9.17, 15) is 4.79 Å². The minimum absolute atomic E-state index is 0.0211. The van der Waals surface area contributed by atoms with Gasteiger partial charge in [0.2, 0.25) is 5.91 Å². The Morgan fingerprint density at radius 1 is 1.44 bits per heavy atom. The number of hydrogen-bond donors (Lipinski definition) is 2. The van der Waals surface area contributed by atoms with E-state index in [1.165, 1.54) is 0 Å². The van der Waals surface area contributed by atoms with Gasteiger partial charge < -0.3 is 15.4 Å². The van der Waals surface area contributed by atoms with Gasteiger partial charge in [0.25, 0.3) is 0 Å². The van der Waals surface area contributed by atoms with Crippen LogP contribution in [-0.4, -0.2) is 30.1 Å². The molecule has 1 amide bonds. The summed E-state index contributed by atoms with van der Waals surface area (Å²) < 4.78 is 5.28. The summed E-state index contributed by atoms with van der Waals surface area (Å²) in [4.78, 5) is 16.0. The summed E-state index contributed by atoms with van der Waals surface area (Å²) in [5.41, 5.74) is 0.670. The molecule has 5 nitrogen and oxygen atoms in total. The van der Waals surface area contributed by atoms with Crippen LogP contribution in [0, 0.1) is 5.92 Å².